The van der Waals surface area contributed by atoms with Crippen molar-refractivity contribution in [2.75, 3.05) is 28.4 Å². The van der Waals surface area contributed by atoms with Crippen molar-refractivity contribution in [2.45, 2.75) is 24.9 Å². The van der Waals surface area contributed by atoms with E-state index in [-0.39, 0.29) is 0 Å². The maximum Gasteiger partial charge on any atom is 0.161 e. The Morgan fingerprint density at radius 3 is 1.36 bits per heavy atom. The number of hydrogen-bond acceptors (Lipinski definition) is 4. The molecule has 2 atom stereocenters. The van der Waals surface area contributed by atoms with Crippen LogP contribution in [-0.2, 0) is 12.8 Å². The monoisotopic (exact) mass is 342 g/mol. The number of fused-ring (bicyclic) bond motifs is 6. The van der Waals surface area contributed by atoms with E-state index in [9.17, 15) is 0 Å². The first-order chi connectivity index (χ1) is 12.2. The predicted octanol–water partition coefficient (Wildman–Crippen LogP) is 2.18. The molecule has 2 bridgehead atoms. The van der Waals surface area contributed by atoms with Gasteiger partial charge in [-0.1, -0.05) is 0 Å². The summed E-state index contributed by atoms with van der Waals surface area (Å²) in [6.07, 6.45) is 1.93. The Morgan fingerprint density at radius 1 is 0.640 bits per heavy atom. The predicted molar refractivity (Wildman–Crippen MR) is 93.9 cm³/mol. The van der Waals surface area contributed by atoms with Crippen molar-refractivity contribution in [1.29, 1.82) is 0 Å². The topological polar surface area (TPSA) is 53.5 Å². The standard InChI is InChI=1S/C20H23NO4/c1-22-17-7-11-5-15-14-10-20(25-4)18(23-2)8-12(14)6-16(21-15)13(11)9-19(17)24-3/h7-10,15-16,21H,5-6H2,1-4H3/p+1. The highest BCUT2D eigenvalue weighted by Gasteiger charge is 2.38. The van der Waals surface area contributed by atoms with Crippen molar-refractivity contribution in [3.05, 3.63) is 46.5 Å². The summed E-state index contributed by atoms with van der Waals surface area (Å²) in [5, 5.41) is 2.46. The number of hydrogen-bond donors (Lipinski definition) is 1. The van der Waals surface area contributed by atoms with Crippen molar-refractivity contribution >= 4 is 0 Å². The lowest BCUT2D eigenvalue weighted by Gasteiger charge is -2.36. The van der Waals surface area contributed by atoms with Crippen LogP contribution in [0.25, 0.3) is 0 Å². The summed E-state index contributed by atoms with van der Waals surface area (Å²) >= 11 is 0. The van der Waals surface area contributed by atoms with Crippen LogP contribution < -0.4 is 24.3 Å². The summed E-state index contributed by atoms with van der Waals surface area (Å²) in [5.74, 6) is 3.19. The van der Waals surface area contributed by atoms with E-state index in [1.807, 2.05) is 0 Å². The highest BCUT2D eigenvalue weighted by Crippen LogP contribution is 2.42. The van der Waals surface area contributed by atoms with Gasteiger partial charge in [0.2, 0.25) is 0 Å². The van der Waals surface area contributed by atoms with Gasteiger partial charge in [-0.3, -0.25) is 0 Å². The number of quaternary nitrogens is 1. The largest absolute Gasteiger partial charge is 0.493 e. The lowest BCUT2D eigenvalue weighted by Crippen LogP contribution is -2.89. The third-order valence-electron chi connectivity index (χ3n) is 5.43. The van der Waals surface area contributed by atoms with Gasteiger partial charge in [0.15, 0.2) is 23.0 Å². The molecule has 0 radical (unpaired) electrons. The third-order valence-corrected chi connectivity index (χ3v) is 5.43. The van der Waals surface area contributed by atoms with Gasteiger partial charge < -0.3 is 24.3 Å². The fraction of sp³-hybridized carbons (Fsp3) is 0.400. The molecule has 0 spiro atoms. The first-order valence-corrected chi connectivity index (χ1v) is 8.53. The Labute approximate surface area is 147 Å². The molecular weight excluding hydrogens is 318 g/mol. The molecule has 0 aromatic heterocycles. The average Bonchev–Trinajstić information content (AvgIpc) is 2.66. The molecule has 5 heteroatoms. The minimum absolute atomic E-state index is 0.388. The number of methoxy groups -OCH3 is 4. The number of rotatable bonds is 4. The van der Waals surface area contributed by atoms with E-state index < -0.39 is 0 Å². The van der Waals surface area contributed by atoms with Crippen molar-refractivity contribution in [3.63, 3.8) is 0 Å². The van der Waals surface area contributed by atoms with Crippen LogP contribution in [0.2, 0.25) is 0 Å². The fourth-order valence-electron chi connectivity index (χ4n) is 4.24. The molecule has 4 rings (SSSR count). The maximum absolute atomic E-state index is 5.50. The summed E-state index contributed by atoms with van der Waals surface area (Å²) in [5.41, 5.74) is 5.37. The van der Waals surface area contributed by atoms with E-state index in [0.717, 1.165) is 35.8 Å². The SMILES string of the molecule is COc1cc2c(cc1OC)C1Cc3cc(OC)c(OC)cc3C(C2)[NH2+]1. The van der Waals surface area contributed by atoms with Crippen LogP contribution in [0.1, 0.15) is 34.3 Å². The summed E-state index contributed by atoms with van der Waals surface area (Å²) in [6.45, 7) is 0. The van der Waals surface area contributed by atoms with Gasteiger partial charge in [0.05, 0.1) is 28.4 Å². The molecule has 2 unspecified atom stereocenters. The molecule has 2 aliphatic heterocycles. The maximum atomic E-state index is 5.50. The van der Waals surface area contributed by atoms with Crippen molar-refractivity contribution < 1.29 is 24.3 Å². The van der Waals surface area contributed by atoms with Gasteiger partial charge in [0.1, 0.15) is 12.1 Å². The van der Waals surface area contributed by atoms with Crippen LogP contribution in [0.3, 0.4) is 0 Å². The van der Waals surface area contributed by atoms with E-state index in [1.165, 1.54) is 22.3 Å². The van der Waals surface area contributed by atoms with Gasteiger partial charge in [-0.2, -0.15) is 0 Å². The number of benzene rings is 2. The summed E-state index contributed by atoms with van der Waals surface area (Å²) in [7, 11) is 6.75. The minimum Gasteiger partial charge on any atom is -0.493 e. The van der Waals surface area contributed by atoms with E-state index >= 15 is 0 Å². The molecule has 132 valence electrons. The highest BCUT2D eigenvalue weighted by atomic mass is 16.5. The van der Waals surface area contributed by atoms with E-state index in [2.05, 4.69) is 29.6 Å². The molecule has 2 aromatic carbocycles. The summed E-state index contributed by atoms with van der Waals surface area (Å²) < 4.78 is 22.0. The Hall–Kier alpha value is -2.40. The average molecular weight is 342 g/mol. The van der Waals surface area contributed by atoms with Gasteiger partial charge >= 0.3 is 0 Å². The van der Waals surface area contributed by atoms with Crippen LogP contribution in [0.5, 0.6) is 23.0 Å². The van der Waals surface area contributed by atoms with E-state index in [1.54, 1.807) is 28.4 Å². The zero-order chi connectivity index (χ0) is 17.6. The molecule has 0 fully saturated rings. The van der Waals surface area contributed by atoms with Crippen molar-refractivity contribution in [3.8, 4) is 23.0 Å². The first kappa shape index (κ1) is 16.1. The van der Waals surface area contributed by atoms with Crippen LogP contribution in [0.15, 0.2) is 24.3 Å². The number of ether oxygens (including phenoxy) is 4. The molecule has 25 heavy (non-hydrogen) atoms. The van der Waals surface area contributed by atoms with Crippen molar-refractivity contribution in [1.82, 2.24) is 0 Å². The summed E-state index contributed by atoms with van der Waals surface area (Å²) in [4.78, 5) is 0. The van der Waals surface area contributed by atoms with Crippen LogP contribution in [0, 0.1) is 0 Å². The molecule has 2 heterocycles. The summed E-state index contributed by atoms with van der Waals surface area (Å²) in [6, 6.07) is 9.31. The molecule has 2 aromatic rings. The Morgan fingerprint density at radius 2 is 1.00 bits per heavy atom. The van der Waals surface area contributed by atoms with Gasteiger partial charge in [0, 0.05) is 24.0 Å². The molecule has 0 amide bonds. The molecule has 0 saturated heterocycles. The Balaban J connectivity index is 1.79. The van der Waals surface area contributed by atoms with Gasteiger partial charge in [-0.25, -0.2) is 0 Å². The lowest BCUT2D eigenvalue weighted by molar-refractivity contribution is -0.741. The highest BCUT2D eigenvalue weighted by molar-refractivity contribution is 5.53. The van der Waals surface area contributed by atoms with E-state index in [0.29, 0.717) is 12.1 Å². The molecule has 2 aliphatic rings. The van der Waals surface area contributed by atoms with Crippen LogP contribution in [-0.4, -0.2) is 28.4 Å². The van der Waals surface area contributed by atoms with E-state index in [4.69, 9.17) is 18.9 Å². The second-order valence-corrected chi connectivity index (χ2v) is 6.63. The molecule has 0 saturated carbocycles. The zero-order valence-corrected chi connectivity index (χ0v) is 15.1. The fourth-order valence-corrected chi connectivity index (χ4v) is 4.24. The molecule has 5 nitrogen and oxygen atoms in total. The molecule has 2 N–H and O–H groups in total. The second kappa shape index (κ2) is 6.15. The van der Waals surface area contributed by atoms with Crippen LogP contribution in [0.4, 0.5) is 0 Å². The lowest BCUT2D eigenvalue weighted by atomic mass is 9.78. The second-order valence-electron chi connectivity index (χ2n) is 6.63. The minimum atomic E-state index is 0.388. The molecule has 0 aliphatic carbocycles. The molecular formula is C20H24NO4+. The smallest absolute Gasteiger partial charge is 0.161 e. The Kier molecular flexibility index (Phi) is 3.96. The quantitative estimate of drug-likeness (QED) is 0.925. The third kappa shape index (κ3) is 2.50. The van der Waals surface area contributed by atoms with Crippen molar-refractivity contribution in [2.24, 2.45) is 0 Å². The first-order valence-electron chi connectivity index (χ1n) is 8.53. The van der Waals surface area contributed by atoms with Gasteiger partial charge in [-0.15, -0.1) is 0 Å². The van der Waals surface area contributed by atoms with Gasteiger partial charge in [0.25, 0.3) is 0 Å². The number of nitrogens with two attached hydrogens (primary N) is 1. The normalized spacial score (nSPS) is 20.3. The zero-order valence-electron chi connectivity index (χ0n) is 15.1. The van der Waals surface area contributed by atoms with Crippen LogP contribution >= 0.6 is 0 Å². The Bertz CT molecular complexity index is 750. The van der Waals surface area contributed by atoms with Gasteiger partial charge in [-0.05, 0) is 35.4 Å².